The van der Waals surface area contributed by atoms with Crippen molar-refractivity contribution in [1.82, 2.24) is 0 Å². The van der Waals surface area contributed by atoms with Crippen LogP contribution in [0.2, 0.25) is 0 Å². The van der Waals surface area contributed by atoms with Gasteiger partial charge in [-0.05, 0) is 39.5 Å². The first-order valence-corrected chi connectivity index (χ1v) is 6.96. The third-order valence-electron chi connectivity index (χ3n) is 3.08. The van der Waals surface area contributed by atoms with E-state index in [1.165, 1.54) is 6.07 Å². The van der Waals surface area contributed by atoms with Gasteiger partial charge < -0.3 is 0 Å². The van der Waals surface area contributed by atoms with Gasteiger partial charge in [0.05, 0.1) is 4.47 Å². The van der Waals surface area contributed by atoms with Crippen LogP contribution < -0.4 is 0 Å². The highest BCUT2D eigenvalue weighted by molar-refractivity contribution is 9.10. The van der Waals surface area contributed by atoms with Crippen molar-refractivity contribution < 1.29 is 9.18 Å². The number of hydrogen-bond donors (Lipinski definition) is 0. The molecule has 2 aromatic carbocycles. The van der Waals surface area contributed by atoms with E-state index < -0.39 is 0 Å². The van der Waals surface area contributed by atoms with E-state index in [0.29, 0.717) is 10.0 Å². The maximum Gasteiger partial charge on any atom is 0.167 e. The van der Waals surface area contributed by atoms with Gasteiger partial charge in [0.2, 0.25) is 0 Å². The minimum atomic E-state index is -0.339. The van der Waals surface area contributed by atoms with Crippen molar-refractivity contribution in [3.8, 4) is 0 Å². The first-order valence-electron chi connectivity index (χ1n) is 6.17. The molecule has 0 N–H and O–H groups in total. The monoisotopic (exact) mass is 320 g/mol. The molecule has 0 amide bonds. The van der Waals surface area contributed by atoms with Crippen molar-refractivity contribution in [1.29, 1.82) is 0 Å². The zero-order valence-electron chi connectivity index (χ0n) is 10.6. The zero-order chi connectivity index (χ0) is 13.8. The van der Waals surface area contributed by atoms with Gasteiger partial charge in [0.1, 0.15) is 5.82 Å². The number of carbonyl (C=O) groups excluding carboxylic acids is 1. The summed E-state index contributed by atoms with van der Waals surface area (Å²) in [6.07, 6.45) is 1.02. The Bertz CT molecular complexity index is 607. The van der Waals surface area contributed by atoms with Gasteiger partial charge in [-0.1, -0.05) is 43.3 Å². The third-order valence-corrected chi connectivity index (χ3v) is 3.97. The summed E-state index contributed by atoms with van der Waals surface area (Å²) in [6.45, 7) is 2.02. The summed E-state index contributed by atoms with van der Waals surface area (Å²) >= 11 is 3.19. The first-order chi connectivity index (χ1) is 9.13. The molecular formula is C16H14BrFO. The molecule has 0 spiro atoms. The molecule has 2 aromatic rings. The van der Waals surface area contributed by atoms with Gasteiger partial charge in [-0.25, -0.2) is 4.39 Å². The van der Waals surface area contributed by atoms with E-state index in [-0.39, 0.29) is 18.0 Å². The molecule has 0 saturated carbocycles. The van der Waals surface area contributed by atoms with Gasteiger partial charge in [0.25, 0.3) is 0 Å². The molecule has 0 aliphatic rings. The summed E-state index contributed by atoms with van der Waals surface area (Å²) in [6, 6.07) is 12.3. The molecule has 0 radical (unpaired) electrons. The minimum absolute atomic E-state index is 0.0174. The van der Waals surface area contributed by atoms with E-state index in [4.69, 9.17) is 0 Å². The summed E-state index contributed by atoms with van der Waals surface area (Å²) in [5.74, 6) is -0.321. The summed E-state index contributed by atoms with van der Waals surface area (Å²) in [7, 11) is 0. The largest absolute Gasteiger partial charge is 0.294 e. The third kappa shape index (κ3) is 3.10. The maximum atomic E-state index is 13.4. The Hall–Kier alpha value is -1.48. The van der Waals surface area contributed by atoms with Gasteiger partial charge in [0.15, 0.2) is 5.78 Å². The molecule has 0 heterocycles. The normalized spacial score (nSPS) is 10.5. The average molecular weight is 321 g/mol. The Morgan fingerprint density at radius 1 is 1.11 bits per heavy atom. The predicted molar refractivity (Wildman–Crippen MR) is 78.0 cm³/mol. The predicted octanol–water partition coefficient (Wildman–Crippen LogP) is 4.58. The molecule has 1 nitrogen and oxygen atoms in total. The number of Topliss-reactive ketones (excluding diaryl/α,β-unsaturated/α-hetero) is 1. The molecule has 2 rings (SSSR count). The van der Waals surface area contributed by atoms with Crippen LogP contribution >= 0.6 is 15.9 Å². The number of rotatable bonds is 4. The molecule has 3 heteroatoms. The van der Waals surface area contributed by atoms with Crippen molar-refractivity contribution in [3.05, 3.63) is 69.4 Å². The molecule has 0 aliphatic heterocycles. The van der Waals surface area contributed by atoms with Crippen LogP contribution in [-0.4, -0.2) is 5.78 Å². The lowest BCUT2D eigenvalue weighted by molar-refractivity contribution is 0.0992. The number of ketones is 1. The highest BCUT2D eigenvalue weighted by Crippen LogP contribution is 2.22. The average Bonchev–Trinajstić information content (AvgIpc) is 2.43. The molecule has 19 heavy (non-hydrogen) atoms. The molecule has 98 valence electrons. The highest BCUT2D eigenvalue weighted by atomic mass is 79.9. The Kier molecular flexibility index (Phi) is 4.48. The van der Waals surface area contributed by atoms with E-state index in [9.17, 15) is 9.18 Å². The summed E-state index contributed by atoms with van der Waals surface area (Å²) in [5, 5.41) is 0. The van der Waals surface area contributed by atoms with Gasteiger partial charge >= 0.3 is 0 Å². The molecule has 0 fully saturated rings. The standard InChI is InChI=1S/C16H14BrFO/c1-2-11-6-3-4-8-13(11)15(19)10-12-7-5-9-14(18)16(12)17/h3-9H,2,10H2,1H3. The molecule has 0 unspecified atom stereocenters. The van der Waals surface area contributed by atoms with Crippen LogP contribution in [0.4, 0.5) is 4.39 Å². The second-order valence-corrected chi connectivity index (χ2v) is 5.12. The lowest BCUT2D eigenvalue weighted by Gasteiger charge is -2.08. The maximum absolute atomic E-state index is 13.4. The Labute approximate surface area is 120 Å². The van der Waals surface area contributed by atoms with Crippen LogP contribution in [0.5, 0.6) is 0 Å². The van der Waals surface area contributed by atoms with Crippen LogP contribution in [0.1, 0.15) is 28.4 Å². The SMILES string of the molecule is CCc1ccccc1C(=O)Cc1cccc(F)c1Br. The van der Waals surface area contributed by atoms with Crippen LogP contribution in [0, 0.1) is 5.82 Å². The second kappa shape index (κ2) is 6.11. The minimum Gasteiger partial charge on any atom is -0.294 e. The topological polar surface area (TPSA) is 17.1 Å². The lowest BCUT2D eigenvalue weighted by atomic mass is 9.97. The molecule has 0 saturated heterocycles. The van der Waals surface area contributed by atoms with E-state index in [1.807, 2.05) is 31.2 Å². The fourth-order valence-corrected chi connectivity index (χ4v) is 2.46. The quantitative estimate of drug-likeness (QED) is 0.754. The van der Waals surface area contributed by atoms with E-state index in [1.54, 1.807) is 12.1 Å². The first kappa shape index (κ1) is 13.9. The number of halogens is 2. The Morgan fingerprint density at radius 2 is 1.79 bits per heavy atom. The van der Waals surface area contributed by atoms with Gasteiger partial charge in [-0.3, -0.25) is 4.79 Å². The van der Waals surface area contributed by atoms with Crippen molar-refractivity contribution in [2.24, 2.45) is 0 Å². The molecule has 0 bridgehead atoms. The van der Waals surface area contributed by atoms with E-state index in [0.717, 1.165) is 17.5 Å². The molecule has 0 atom stereocenters. The van der Waals surface area contributed by atoms with E-state index >= 15 is 0 Å². The number of benzene rings is 2. The molecule has 0 aliphatic carbocycles. The van der Waals surface area contributed by atoms with E-state index in [2.05, 4.69) is 15.9 Å². The summed E-state index contributed by atoms with van der Waals surface area (Å²) in [5.41, 5.74) is 2.43. The lowest BCUT2D eigenvalue weighted by Crippen LogP contribution is -2.07. The van der Waals surface area contributed by atoms with Gasteiger partial charge in [-0.15, -0.1) is 0 Å². The number of aryl methyl sites for hydroxylation is 1. The van der Waals surface area contributed by atoms with Crippen molar-refractivity contribution in [2.45, 2.75) is 19.8 Å². The van der Waals surface area contributed by atoms with Crippen LogP contribution in [0.3, 0.4) is 0 Å². The van der Waals surface area contributed by atoms with Crippen LogP contribution in [0.25, 0.3) is 0 Å². The highest BCUT2D eigenvalue weighted by Gasteiger charge is 2.13. The molecule has 0 aromatic heterocycles. The zero-order valence-corrected chi connectivity index (χ0v) is 12.2. The van der Waals surface area contributed by atoms with Gasteiger partial charge in [0, 0.05) is 12.0 Å². The molecular weight excluding hydrogens is 307 g/mol. The van der Waals surface area contributed by atoms with Crippen LogP contribution in [0.15, 0.2) is 46.9 Å². The van der Waals surface area contributed by atoms with Crippen LogP contribution in [-0.2, 0) is 12.8 Å². The summed E-state index contributed by atoms with van der Waals surface area (Å²) in [4.78, 5) is 12.3. The fraction of sp³-hybridized carbons (Fsp3) is 0.188. The Morgan fingerprint density at radius 3 is 2.53 bits per heavy atom. The smallest absolute Gasteiger partial charge is 0.167 e. The van der Waals surface area contributed by atoms with Crippen molar-refractivity contribution in [3.63, 3.8) is 0 Å². The van der Waals surface area contributed by atoms with Crippen molar-refractivity contribution in [2.75, 3.05) is 0 Å². The number of hydrogen-bond acceptors (Lipinski definition) is 1. The van der Waals surface area contributed by atoms with Crippen molar-refractivity contribution >= 4 is 21.7 Å². The van der Waals surface area contributed by atoms with Gasteiger partial charge in [-0.2, -0.15) is 0 Å². The Balaban J connectivity index is 2.28. The second-order valence-electron chi connectivity index (χ2n) is 4.32. The fourth-order valence-electron chi connectivity index (χ4n) is 2.05. The number of carbonyl (C=O) groups is 1. The summed E-state index contributed by atoms with van der Waals surface area (Å²) < 4.78 is 13.8.